The zero-order chi connectivity index (χ0) is 26.9. The van der Waals surface area contributed by atoms with Crippen molar-refractivity contribution in [2.45, 2.75) is 0 Å². The van der Waals surface area contributed by atoms with Gasteiger partial charge < -0.3 is 0 Å². The van der Waals surface area contributed by atoms with Crippen LogP contribution in [0.5, 0.6) is 0 Å². The lowest BCUT2D eigenvalue weighted by molar-refractivity contribution is 1.32. The van der Waals surface area contributed by atoms with Crippen LogP contribution >= 0.6 is 7.92 Å². The Kier molecular flexibility index (Phi) is 4.90. The highest BCUT2D eigenvalue weighted by Gasteiger charge is 2.28. The second-order valence-corrected chi connectivity index (χ2v) is 12.9. The third-order valence-electron chi connectivity index (χ3n) is 8.32. The molecule has 0 fully saturated rings. The molecule has 1 aliphatic carbocycles. The van der Waals surface area contributed by atoms with E-state index in [4.69, 9.17) is 9.97 Å². The Bertz CT molecular complexity index is 2210. The summed E-state index contributed by atoms with van der Waals surface area (Å²) in [5.74, 6) is 0. The standard InChI is InChI=1S/C38H23N2P/c1-3-10-26-22-28(18-16-24(26)8-1)41(29-19-17-25-9-2-4-11-27(25)23-29)35-21-20-32-36-30(35)12-7-13-31(36)37-38(32)40-34-15-6-5-14-33(34)39-37/h1-23H. The number of benzene rings is 7. The first kappa shape index (κ1) is 22.9. The van der Waals surface area contributed by atoms with Crippen molar-refractivity contribution in [1.29, 1.82) is 0 Å². The van der Waals surface area contributed by atoms with Gasteiger partial charge in [-0.05, 0) is 75.0 Å². The van der Waals surface area contributed by atoms with Crippen molar-refractivity contribution >= 4 is 67.2 Å². The van der Waals surface area contributed by atoms with Crippen molar-refractivity contribution in [3.63, 3.8) is 0 Å². The predicted molar refractivity (Wildman–Crippen MR) is 175 cm³/mol. The van der Waals surface area contributed by atoms with Crippen molar-refractivity contribution in [2.75, 3.05) is 0 Å². The van der Waals surface area contributed by atoms with Crippen LogP contribution in [0.3, 0.4) is 0 Å². The second-order valence-electron chi connectivity index (χ2n) is 10.7. The van der Waals surface area contributed by atoms with Crippen LogP contribution in [0.4, 0.5) is 0 Å². The summed E-state index contributed by atoms with van der Waals surface area (Å²) >= 11 is 0. The minimum absolute atomic E-state index is 0.837. The maximum atomic E-state index is 5.10. The number of aromatic nitrogens is 2. The van der Waals surface area contributed by atoms with Crippen molar-refractivity contribution in [2.24, 2.45) is 0 Å². The van der Waals surface area contributed by atoms with E-state index in [2.05, 4.69) is 127 Å². The highest BCUT2D eigenvalue weighted by molar-refractivity contribution is 7.80. The van der Waals surface area contributed by atoms with Gasteiger partial charge >= 0.3 is 0 Å². The maximum Gasteiger partial charge on any atom is 0.0979 e. The fourth-order valence-electron chi connectivity index (χ4n) is 6.42. The molecule has 41 heavy (non-hydrogen) atoms. The van der Waals surface area contributed by atoms with Crippen LogP contribution in [0.25, 0.3) is 65.9 Å². The lowest BCUT2D eigenvalue weighted by atomic mass is 10.0. The molecule has 1 aliphatic rings. The molecule has 0 aliphatic heterocycles. The maximum absolute atomic E-state index is 5.10. The van der Waals surface area contributed by atoms with E-state index in [1.807, 2.05) is 12.1 Å². The molecule has 0 radical (unpaired) electrons. The lowest BCUT2D eigenvalue weighted by Gasteiger charge is -2.22. The van der Waals surface area contributed by atoms with Gasteiger partial charge in [0.25, 0.3) is 0 Å². The minimum atomic E-state index is -0.837. The molecule has 0 atom stereocenters. The highest BCUT2D eigenvalue weighted by atomic mass is 31.1. The third kappa shape index (κ3) is 3.48. The van der Waals surface area contributed by atoms with Crippen molar-refractivity contribution in [3.8, 4) is 22.5 Å². The second kappa shape index (κ2) is 8.80. The fourth-order valence-corrected chi connectivity index (χ4v) is 8.90. The number of para-hydroxylation sites is 2. The molecule has 0 saturated heterocycles. The first-order valence-electron chi connectivity index (χ1n) is 13.9. The molecule has 0 spiro atoms. The first-order valence-corrected chi connectivity index (χ1v) is 15.3. The van der Waals surface area contributed by atoms with E-state index in [0.29, 0.717) is 0 Å². The molecule has 0 N–H and O–H groups in total. The Morgan fingerprint density at radius 2 is 0.951 bits per heavy atom. The van der Waals surface area contributed by atoms with E-state index in [9.17, 15) is 0 Å². The van der Waals surface area contributed by atoms with Gasteiger partial charge in [0.1, 0.15) is 0 Å². The average Bonchev–Trinajstić information content (AvgIpc) is 3.34. The minimum Gasteiger partial charge on any atom is -0.244 e. The fraction of sp³-hybridized carbons (Fsp3) is 0. The van der Waals surface area contributed by atoms with E-state index >= 15 is 0 Å². The van der Waals surface area contributed by atoms with Gasteiger partial charge in [-0.15, -0.1) is 0 Å². The van der Waals surface area contributed by atoms with Crippen LogP contribution in [0.2, 0.25) is 0 Å². The topological polar surface area (TPSA) is 25.8 Å². The van der Waals surface area contributed by atoms with Crippen LogP contribution in [0.1, 0.15) is 0 Å². The van der Waals surface area contributed by atoms with Gasteiger partial charge in [0.15, 0.2) is 0 Å². The van der Waals surface area contributed by atoms with Gasteiger partial charge in [-0.2, -0.15) is 0 Å². The van der Waals surface area contributed by atoms with Gasteiger partial charge in [0, 0.05) is 16.5 Å². The Morgan fingerprint density at radius 3 is 1.56 bits per heavy atom. The van der Waals surface area contributed by atoms with Crippen LogP contribution in [0.15, 0.2) is 140 Å². The Labute approximate surface area is 238 Å². The molecule has 0 bridgehead atoms. The number of rotatable bonds is 3. The average molecular weight is 539 g/mol. The van der Waals surface area contributed by atoms with Gasteiger partial charge in [-0.25, -0.2) is 9.97 Å². The third-order valence-corrected chi connectivity index (χ3v) is 10.8. The molecule has 1 heterocycles. The summed E-state index contributed by atoms with van der Waals surface area (Å²) in [5, 5.41) is 11.7. The molecule has 9 rings (SSSR count). The molecule has 0 saturated carbocycles. The van der Waals surface area contributed by atoms with Crippen LogP contribution in [0, 0.1) is 0 Å². The monoisotopic (exact) mass is 538 g/mol. The van der Waals surface area contributed by atoms with E-state index in [1.54, 1.807) is 0 Å². The molecule has 3 heteroatoms. The number of nitrogens with zero attached hydrogens (tertiary/aromatic N) is 2. The van der Waals surface area contributed by atoms with E-state index in [-0.39, 0.29) is 0 Å². The Balaban J connectivity index is 1.33. The SMILES string of the molecule is c1ccc2cc(P(c3ccc4ccccc4c3)c3ccc4c5c(cccc35)-c3nc5ccccc5nc3-4)ccc2c1. The smallest absolute Gasteiger partial charge is 0.0979 e. The van der Waals surface area contributed by atoms with E-state index < -0.39 is 7.92 Å². The molecule has 8 aromatic rings. The molecule has 1 aromatic heterocycles. The normalized spacial score (nSPS) is 12.1. The number of hydrogen-bond acceptors (Lipinski definition) is 2. The van der Waals surface area contributed by atoms with Crippen molar-refractivity contribution < 1.29 is 0 Å². The molecule has 0 amide bonds. The molecule has 2 nitrogen and oxygen atoms in total. The van der Waals surface area contributed by atoms with Gasteiger partial charge in [0.05, 0.1) is 22.4 Å². The van der Waals surface area contributed by atoms with Crippen molar-refractivity contribution in [3.05, 3.63) is 140 Å². The summed E-state index contributed by atoms with van der Waals surface area (Å²) < 4.78 is 0. The van der Waals surface area contributed by atoms with Crippen molar-refractivity contribution in [1.82, 2.24) is 9.97 Å². The Morgan fingerprint density at radius 1 is 0.415 bits per heavy atom. The Hall–Kier alpha value is -4.91. The largest absolute Gasteiger partial charge is 0.244 e. The van der Waals surface area contributed by atoms with Crippen LogP contribution < -0.4 is 15.9 Å². The molecule has 190 valence electrons. The molecule has 0 unspecified atom stereocenters. The van der Waals surface area contributed by atoms with Gasteiger partial charge in [-0.1, -0.05) is 115 Å². The molecular weight excluding hydrogens is 515 g/mol. The first-order chi connectivity index (χ1) is 20.3. The summed E-state index contributed by atoms with van der Waals surface area (Å²) in [5.41, 5.74) is 6.21. The molecule has 7 aromatic carbocycles. The van der Waals surface area contributed by atoms with Crippen LogP contribution in [-0.4, -0.2) is 9.97 Å². The molecular formula is C38H23N2P. The highest BCUT2D eigenvalue weighted by Crippen LogP contribution is 2.48. The summed E-state index contributed by atoms with van der Waals surface area (Å²) in [6.45, 7) is 0. The van der Waals surface area contributed by atoms with Gasteiger partial charge in [0.2, 0.25) is 0 Å². The zero-order valence-electron chi connectivity index (χ0n) is 22.1. The van der Waals surface area contributed by atoms with E-state index in [1.165, 1.54) is 59.4 Å². The van der Waals surface area contributed by atoms with Gasteiger partial charge in [-0.3, -0.25) is 0 Å². The zero-order valence-corrected chi connectivity index (χ0v) is 23.0. The summed E-state index contributed by atoms with van der Waals surface area (Å²) in [6, 6.07) is 50.8. The summed E-state index contributed by atoms with van der Waals surface area (Å²) in [7, 11) is -0.837. The number of fused-ring (bicyclic) bond motifs is 6. The summed E-state index contributed by atoms with van der Waals surface area (Å²) in [4.78, 5) is 10.2. The lowest BCUT2D eigenvalue weighted by Crippen LogP contribution is -2.21. The van der Waals surface area contributed by atoms with E-state index in [0.717, 1.165) is 22.4 Å². The quantitative estimate of drug-likeness (QED) is 0.211. The number of hydrogen-bond donors (Lipinski definition) is 0. The van der Waals surface area contributed by atoms with Crippen LogP contribution in [-0.2, 0) is 0 Å². The predicted octanol–water partition coefficient (Wildman–Crippen LogP) is 8.50. The summed E-state index contributed by atoms with van der Waals surface area (Å²) in [6.07, 6.45) is 0.